The number of nitrogens with zero attached hydrogens (tertiary/aromatic N) is 2. The van der Waals surface area contributed by atoms with Gasteiger partial charge < -0.3 is 20.4 Å². The maximum atomic E-state index is 10.3. The summed E-state index contributed by atoms with van der Waals surface area (Å²) in [5.41, 5.74) is 1.44. The fraction of sp³-hybridized carbons (Fsp3) is 0.654. The minimum Gasteiger partial charge on any atom is -0.508 e. The number of fused-ring (bicyclic) bond motifs is 1. The SMILES string of the molecule is CCCCC(CCC)CCN1CCC(CCNc2c(O)cnc3ccc(O)cc23)CC1. The summed E-state index contributed by atoms with van der Waals surface area (Å²) >= 11 is 0. The Hall–Kier alpha value is -2.01. The number of aromatic nitrogens is 1. The molecule has 172 valence electrons. The van der Waals surface area contributed by atoms with E-state index in [0.717, 1.165) is 35.7 Å². The third kappa shape index (κ3) is 6.99. The van der Waals surface area contributed by atoms with Crippen LogP contribution in [0.25, 0.3) is 10.9 Å². The van der Waals surface area contributed by atoms with E-state index in [1.165, 1.54) is 77.2 Å². The topological polar surface area (TPSA) is 68.6 Å². The van der Waals surface area contributed by atoms with Crippen LogP contribution in [-0.2, 0) is 0 Å². The van der Waals surface area contributed by atoms with Gasteiger partial charge in [-0.3, -0.25) is 4.98 Å². The van der Waals surface area contributed by atoms with Gasteiger partial charge in [0.15, 0.2) is 5.75 Å². The lowest BCUT2D eigenvalue weighted by atomic mass is 9.91. The predicted octanol–water partition coefficient (Wildman–Crippen LogP) is 6.16. The number of phenolic OH excluding ortho intramolecular Hbond substituents is 1. The minimum absolute atomic E-state index is 0.137. The molecule has 0 spiro atoms. The molecule has 2 aromatic rings. The number of unbranched alkanes of at least 4 members (excludes halogenated alkanes) is 1. The van der Waals surface area contributed by atoms with E-state index in [4.69, 9.17) is 0 Å². The molecule has 1 unspecified atom stereocenters. The first-order valence-corrected chi connectivity index (χ1v) is 12.4. The second-order valence-corrected chi connectivity index (χ2v) is 9.31. The van der Waals surface area contributed by atoms with Gasteiger partial charge in [-0.15, -0.1) is 0 Å². The van der Waals surface area contributed by atoms with Crippen LogP contribution in [0.3, 0.4) is 0 Å². The molecule has 1 aromatic carbocycles. The molecular weight excluding hydrogens is 386 g/mol. The number of pyridine rings is 1. The monoisotopic (exact) mass is 427 g/mol. The fourth-order valence-corrected chi connectivity index (χ4v) is 4.96. The first-order valence-electron chi connectivity index (χ1n) is 12.4. The molecule has 1 aliphatic rings. The summed E-state index contributed by atoms with van der Waals surface area (Å²) in [4.78, 5) is 6.91. The van der Waals surface area contributed by atoms with E-state index in [0.29, 0.717) is 5.69 Å². The molecular formula is C26H41N3O2. The minimum atomic E-state index is 0.137. The Morgan fingerprint density at radius 1 is 1.10 bits per heavy atom. The Morgan fingerprint density at radius 2 is 1.90 bits per heavy atom. The molecule has 2 heterocycles. The van der Waals surface area contributed by atoms with E-state index in [-0.39, 0.29) is 11.5 Å². The van der Waals surface area contributed by atoms with Gasteiger partial charge >= 0.3 is 0 Å². The second-order valence-electron chi connectivity index (χ2n) is 9.31. The molecule has 3 N–H and O–H groups in total. The van der Waals surface area contributed by atoms with Gasteiger partial charge in [-0.2, -0.15) is 0 Å². The third-order valence-electron chi connectivity index (χ3n) is 6.91. The largest absolute Gasteiger partial charge is 0.508 e. The van der Waals surface area contributed by atoms with Crippen LogP contribution in [-0.4, -0.2) is 46.3 Å². The summed E-state index contributed by atoms with van der Waals surface area (Å²) in [6.07, 6.45) is 13.3. The predicted molar refractivity (Wildman–Crippen MR) is 130 cm³/mol. The lowest BCUT2D eigenvalue weighted by molar-refractivity contribution is 0.168. The molecule has 31 heavy (non-hydrogen) atoms. The number of hydrogen-bond acceptors (Lipinski definition) is 5. The third-order valence-corrected chi connectivity index (χ3v) is 6.91. The molecule has 3 rings (SSSR count). The van der Waals surface area contributed by atoms with Gasteiger partial charge in [0, 0.05) is 11.9 Å². The normalized spacial score (nSPS) is 16.6. The number of piperidine rings is 1. The average molecular weight is 428 g/mol. The molecule has 1 aliphatic heterocycles. The Balaban J connectivity index is 1.41. The van der Waals surface area contributed by atoms with Crippen LogP contribution in [0.15, 0.2) is 24.4 Å². The lowest BCUT2D eigenvalue weighted by Crippen LogP contribution is -2.35. The van der Waals surface area contributed by atoms with Crippen molar-refractivity contribution < 1.29 is 10.2 Å². The van der Waals surface area contributed by atoms with Crippen LogP contribution in [0.2, 0.25) is 0 Å². The molecule has 0 aliphatic carbocycles. The number of likely N-dealkylation sites (tertiary alicyclic amines) is 1. The zero-order valence-corrected chi connectivity index (χ0v) is 19.4. The van der Waals surface area contributed by atoms with E-state index < -0.39 is 0 Å². The summed E-state index contributed by atoms with van der Waals surface area (Å²) in [6.45, 7) is 9.13. The Morgan fingerprint density at radius 3 is 2.65 bits per heavy atom. The quantitative estimate of drug-likeness (QED) is 0.379. The molecule has 1 fully saturated rings. The van der Waals surface area contributed by atoms with E-state index in [1.807, 2.05) is 0 Å². The molecule has 5 nitrogen and oxygen atoms in total. The molecule has 0 radical (unpaired) electrons. The smallest absolute Gasteiger partial charge is 0.157 e. The van der Waals surface area contributed by atoms with Crippen molar-refractivity contribution in [2.75, 3.05) is 31.5 Å². The first-order chi connectivity index (χ1) is 15.1. The van der Waals surface area contributed by atoms with Crippen LogP contribution >= 0.6 is 0 Å². The Labute approximate surface area is 187 Å². The number of benzene rings is 1. The molecule has 1 aromatic heterocycles. The van der Waals surface area contributed by atoms with Crippen molar-refractivity contribution in [3.63, 3.8) is 0 Å². The van der Waals surface area contributed by atoms with E-state index in [1.54, 1.807) is 18.2 Å². The van der Waals surface area contributed by atoms with E-state index in [2.05, 4.69) is 29.0 Å². The standard InChI is InChI=1S/C26H41N3O2/c1-3-5-7-20(6-4-2)11-15-29-16-12-21(13-17-29)10-14-27-26-23-18-22(30)8-9-24(23)28-19-25(26)31/h8-9,18-21,30-31H,3-7,10-17H2,1-2H3,(H,27,28). The summed E-state index contributed by atoms with van der Waals surface area (Å²) in [5, 5.41) is 24.2. The highest BCUT2D eigenvalue weighted by molar-refractivity contribution is 5.94. The first kappa shape index (κ1) is 23.6. The van der Waals surface area contributed by atoms with Crippen LogP contribution in [0.5, 0.6) is 11.5 Å². The molecule has 0 saturated carbocycles. The van der Waals surface area contributed by atoms with Crippen LogP contribution in [0, 0.1) is 11.8 Å². The number of rotatable bonds is 12. The van der Waals surface area contributed by atoms with Crippen LogP contribution < -0.4 is 5.32 Å². The number of aromatic hydroxyl groups is 2. The van der Waals surface area contributed by atoms with Crippen LogP contribution in [0.1, 0.15) is 71.6 Å². The number of anilines is 1. The fourth-order valence-electron chi connectivity index (χ4n) is 4.96. The highest BCUT2D eigenvalue weighted by Gasteiger charge is 2.20. The maximum absolute atomic E-state index is 10.3. The van der Waals surface area contributed by atoms with Crippen molar-refractivity contribution in [3.05, 3.63) is 24.4 Å². The van der Waals surface area contributed by atoms with Gasteiger partial charge in [0.05, 0.1) is 17.4 Å². The second kappa shape index (κ2) is 12.1. The Bertz CT molecular complexity index is 797. The van der Waals surface area contributed by atoms with E-state index >= 15 is 0 Å². The summed E-state index contributed by atoms with van der Waals surface area (Å²) in [6, 6.07) is 5.06. The number of hydrogen-bond donors (Lipinski definition) is 3. The molecule has 1 atom stereocenters. The van der Waals surface area contributed by atoms with Crippen LogP contribution in [0.4, 0.5) is 5.69 Å². The zero-order valence-electron chi connectivity index (χ0n) is 19.4. The molecule has 1 saturated heterocycles. The molecule has 0 amide bonds. The highest BCUT2D eigenvalue weighted by atomic mass is 16.3. The van der Waals surface area contributed by atoms with Gasteiger partial charge in [-0.05, 0) is 75.4 Å². The number of phenols is 1. The summed E-state index contributed by atoms with van der Waals surface area (Å²) in [5.74, 6) is 1.97. The van der Waals surface area contributed by atoms with Gasteiger partial charge in [-0.25, -0.2) is 0 Å². The van der Waals surface area contributed by atoms with Crippen molar-refractivity contribution in [2.45, 2.75) is 71.6 Å². The zero-order chi connectivity index (χ0) is 22.1. The van der Waals surface area contributed by atoms with Gasteiger partial charge in [0.2, 0.25) is 0 Å². The van der Waals surface area contributed by atoms with Gasteiger partial charge in [0.1, 0.15) is 5.75 Å². The van der Waals surface area contributed by atoms with Gasteiger partial charge in [-0.1, -0.05) is 46.0 Å². The maximum Gasteiger partial charge on any atom is 0.157 e. The van der Waals surface area contributed by atoms with E-state index in [9.17, 15) is 10.2 Å². The summed E-state index contributed by atoms with van der Waals surface area (Å²) in [7, 11) is 0. The average Bonchev–Trinajstić information content (AvgIpc) is 2.78. The van der Waals surface area contributed by atoms with Crippen molar-refractivity contribution >= 4 is 16.6 Å². The van der Waals surface area contributed by atoms with Gasteiger partial charge in [0.25, 0.3) is 0 Å². The highest BCUT2D eigenvalue weighted by Crippen LogP contribution is 2.33. The van der Waals surface area contributed by atoms with Crippen molar-refractivity contribution in [3.8, 4) is 11.5 Å². The van der Waals surface area contributed by atoms with Crippen molar-refractivity contribution in [1.82, 2.24) is 9.88 Å². The molecule has 0 bridgehead atoms. The lowest BCUT2D eigenvalue weighted by Gasteiger charge is -2.33. The molecule has 5 heteroatoms. The summed E-state index contributed by atoms with van der Waals surface area (Å²) < 4.78 is 0. The Kier molecular flexibility index (Phi) is 9.26. The van der Waals surface area contributed by atoms with Crippen molar-refractivity contribution in [1.29, 1.82) is 0 Å². The van der Waals surface area contributed by atoms with Crippen molar-refractivity contribution in [2.24, 2.45) is 11.8 Å². The number of nitrogens with one attached hydrogen (secondary N) is 1.